The monoisotopic (exact) mass is 264 g/mol. The third kappa shape index (κ3) is 3.66. The fourth-order valence-corrected chi connectivity index (χ4v) is 1.52. The average molecular weight is 264 g/mol. The van der Waals surface area contributed by atoms with Crippen molar-refractivity contribution in [2.45, 2.75) is 45.8 Å². The van der Waals surface area contributed by atoms with Crippen LogP contribution in [0.1, 0.15) is 45.0 Å². The standard InChI is InChI=1S/C14H21BO4/c1-10(16)11-8-6-7-9-12(11)15(18)19-14(4,5)13(2,3)17/h6-9,17-18H,1-5H3. The van der Waals surface area contributed by atoms with E-state index < -0.39 is 18.3 Å². The van der Waals surface area contributed by atoms with E-state index in [-0.39, 0.29) is 5.78 Å². The number of ketones is 1. The first kappa shape index (κ1) is 15.9. The molecule has 4 nitrogen and oxygen atoms in total. The highest BCUT2D eigenvalue weighted by Crippen LogP contribution is 2.25. The molecule has 0 aliphatic carbocycles. The first-order valence-corrected chi connectivity index (χ1v) is 6.24. The van der Waals surface area contributed by atoms with Gasteiger partial charge in [0.25, 0.3) is 0 Å². The molecule has 0 aliphatic rings. The molecule has 0 saturated carbocycles. The number of benzene rings is 1. The molecule has 1 rings (SSSR count). The van der Waals surface area contributed by atoms with Crippen molar-refractivity contribution < 1.29 is 19.6 Å². The Morgan fingerprint density at radius 3 is 2.21 bits per heavy atom. The normalized spacial score (nSPS) is 12.4. The average Bonchev–Trinajstić information content (AvgIpc) is 2.26. The van der Waals surface area contributed by atoms with Crippen LogP contribution in [0.3, 0.4) is 0 Å². The molecule has 0 heterocycles. The highest BCUT2D eigenvalue weighted by atomic mass is 16.5. The van der Waals surface area contributed by atoms with Crippen molar-refractivity contribution in [2.75, 3.05) is 0 Å². The summed E-state index contributed by atoms with van der Waals surface area (Å²) in [6, 6.07) is 6.74. The molecule has 19 heavy (non-hydrogen) atoms. The second-order valence-corrected chi connectivity index (χ2v) is 5.68. The zero-order chi connectivity index (χ0) is 14.8. The molecule has 0 atom stereocenters. The lowest BCUT2D eigenvalue weighted by Crippen LogP contribution is -2.53. The molecule has 0 bridgehead atoms. The largest absolute Gasteiger partial charge is 0.492 e. The summed E-state index contributed by atoms with van der Waals surface area (Å²) in [6.45, 7) is 8.03. The Bertz CT molecular complexity index is 463. The van der Waals surface area contributed by atoms with Gasteiger partial charge in [0.2, 0.25) is 0 Å². The smallest absolute Gasteiger partial charge is 0.423 e. The Balaban J connectivity index is 3.03. The fraction of sp³-hybridized carbons (Fsp3) is 0.500. The molecule has 0 spiro atoms. The van der Waals surface area contributed by atoms with Crippen LogP contribution in [0.15, 0.2) is 24.3 Å². The van der Waals surface area contributed by atoms with E-state index in [0.29, 0.717) is 11.0 Å². The molecule has 1 aromatic carbocycles. The maximum atomic E-state index is 11.5. The number of Topliss-reactive ketones (excluding diaryl/α,β-unsaturated/α-hetero) is 1. The Morgan fingerprint density at radius 2 is 1.74 bits per heavy atom. The summed E-state index contributed by atoms with van der Waals surface area (Å²) in [4.78, 5) is 11.5. The Hall–Kier alpha value is -1.17. The number of carbonyl (C=O) groups is 1. The van der Waals surface area contributed by atoms with Crippen molar-refractivity contribution in [2.24, 2.45) is 0 Å². The van der Waals surface area contributed by atoms with Gasteiger partial charge in [-0.15, -0.1) is 0 Å². The fourth-order valence-electron chi connectivity index (χ4n) is 1.52. The van der Waals surface area contributed by atoms with Gasteiger partial charge in [-0.3, -0.25) is 4.79 Å². The molecule has 5 heteroatoms. The van der Waals surface area contributed by atoms with E-state index in [0.717, 1.165) is 0 Å². The number of aliphatic hydroxyl groups is 1. The summed E-state index contributed by atoms with van der Waals surface area (Å²) >= 11 is 0. The molecule has 0 unspecified atom stereocenters. The van der Waals surface area contributed by atoms with Crippen molar-refractivity contribution in [3.05, 3.63) is 29.8 Å². The Labute approximate surface area is 114 Å². The first-order chi connectivity index (χ1) is 8.56. The molecule has 0 aromatic heterocycles. The van der Waals surface area contributed by atoms with Gasteiger partial charge in [-0.2, -0.15) is 0 Å². The number of hydrogen-bond donors (Lipinski definition) is 2. The third-order valence-electron chi connectivity index (χ3n) is 3.49. The van der Waals surface area contributed by atoms with Crippen LogP contribution >= 0.6 is 0 Å². The van der Waals surface area contributed by atoms with Crippen molar-refractivity contribution in [1.82, 2.24) is 0 Å². The van der Waals surface area contributed by atoms with Crippen LogP contribution in [0.5, 0.6) is 0 Å². The van der Waals surface area contributed by atoms with Gasteiger partial charge in [0, 0.05) is 5.56 Å². The quantitative estimate of drug-likeness (QED) is 0.618. The minimum Gasteiger partial charge on any atom is -0.423 e. The summed E-state index contributed by atoms with van der Waals surface area (Å²) in [5.74, 6) is -0.140. The summed E-state index contributed by atoms with van der Waals surface area (Å²) in [5, 5.41) is 20.2. The summed E-state index contributed by atoms with van der Waals surface area (Å²) in [5.41, 5.74) is -1.26. The predicted molar refractivity (Wildman–Crippen MR) is 75.5 cm³/mol. The SMILES string of the molecule is CC(=O)c1ccccc1B(O)OC(C)(C)C(C)(C)O. The van der Waals surface area contributed by atoms with Crippen LogP contribution in [0.4, 0.5) is 0 Å². The molecule has 0 aliphatic heterocycles. The van der Waals surface area contributed by atoms with E-state index in [1.807, 2.05) is 0 Å². The Morgan fingerprint density at radius 1 is 1.21 bits per heavy atom. The second kappa shape index (κ2) is 5.45. The van der Waals surface area contributed by atoms with Crippen LogP contribution < -0.4 is 5.46 Å². The minimum atomic E-state index is -1.26. The lowest BCUT2D eigenvalue weighted by Gasteiger charge is -2.38. The lowest BCUT2D eigenvalue weighted by molar-refractivity contribution is -0.0982. The maximum Gasteiger partial charge on any atom is 0.492 e. The van der Waals surface area contributed by atoms with Crippen LogP contribution in [-0.2, 0) is 4.65 Å². The van der Waals surface area contributed by atoms with Gasteiger partial charge >= 0.3 is 7.12 Å². The van der Waals surface area contributed by atoms with Gasteiger partial charge in [0.1, 0.15) is 0 Å². The van der Waals surface area contributed by atoms with Crippen molar-refractivity contribution in [1.29, 1.82) is 0 Å². The van der Waals surface area contributed by atoms with Crippen LogP contribution in [0.25, 0.3) is 0 Å². The highest BCUT2D eigenvalue weighted by Gasteiger charge is 2.40. The predicted octanol–water partition coefficient (Wildman–Crippen LogP) is 1.14. The number of carbonyl (C=O) groups excluding carboxylic acids is 1. The zero-order valence-corrected chi connectivity index (χ0v) is 12.1. The van der Waals surface area contributed by atoms with Gasteiger partial charge in [0.15, 0.2) is 5.78 Å². The van der Waals surface area contributed by atoms with Gasteiger partial charge in [-0.05, 0) is 40.1 Å². The maximum absolute atomic E-state index is 11.5. The van der Waals surface area contributed by atoms with Crippen LogP contribution in [0, 0.1) is 0 Å². The van der Waals surface area contributed by atoms with E-state index in [1.54, 1.807) is 52.0 Å². The van der Waals surface area contributed by atoms with Crippen LogP contribution in [0.2, 0.25) is 0 Å². The third-order valence-corrected chi connectivity index (χ3v) is 3.49. The van der Waals surface area contributed by atoms with Gasteiger partial charge in [0.05, 0.1) is 11.2 Å². The topological polar surface area (TPSA) is 66.8 Å². The number of rotatable bonds is 5. The Kier molecular flexibility index (Phi) is 4.56. The molecule has 0 amide bonds. The van der Waals surface area contributed by atoms with Gasteiger partial charge < -0.3 is 14.8 Å². The van der Waals surface area contributed by atoms with E-state index >= 15 is 0 Å². The van der Waals surface area contributed by atoms with Crippen molar-refractivity contribution in [3.63, 3.8) is 0 Å². The van der Waals surface area contributed by atoms with Gasteiger partial charge in [-0.1, -0.05) is 24.3 Å². The van der Waals surface area contributed by atoms with E-state index in [9.17, 15) is 14.9 Å². The summed E-state index contributed by atoms with van der Waals surface area (Å²) < 4.78 is 5.53. The van der Waals surface area contributed by atoms with Crippen molar-refractivity contribution in [3.8, 4) is 0 Å². The first-order valence-electron chi connectivity index (χ1n) is 6.24. The molecule has 2 N–H and O–H groups in total. The summed E-state index contributed by atoms with van der Waals surface area (Å²) in [7, 11) is -1.26. The van der Waals surface area contributed by atoms with E-state index in [2.05, 4.69) is 0 Å². The van der Waals surface area contributed by atoms with E-state index in [4.69, 9.17) is 4.65 Å². The molecule has 1 aromatic rings. The molecular weight excluding hydrogens is 243 g/mol. The van der Waals surface area contributed by atoms with Gasteiger partial charge in [-0.25, -0.2) is 0 Å². The molecule has 0 fully saturated rings. The molecule has 0 radical (unpaired) electrons. The number of hydrogen-bond acceptors (Lipinski definition) is 4. The lowest BCUT2D eigenvalue weighted by atomic mass is 9.73. The summed E-state index contributed by atoms with van der Waals surface area (Å²) in [6.07, 6.45) is 0. The minimum absolute atomic E-state index is 0.140. The van der Waals surface area contributed by atoms with Crippen molar-refractivity contribution >= 4 is 18.4 Å². The molecular formula is C14H21BO4. The van der Waals surface area contributed by atoms with E-state index in [1.165, 1.54) is 6.92 Å². The highest BCUT2D eigenvalue weighted by molar-refractivity contribution is 6.61. The molecule has 0 saturated heterocycles. The second-order valence-electron chi connectivity index (χ2n) is 5.68. The zero-order valence-electron chi connectivity index (χ0n) is 12.1. The van der Waals surface area contributed by atoms with Crippen LogP contribution in [-0.4, -0.2) is 34.2 Å². The molecule has 104 valence electrons.